The lowest BCUT2D eigenvalue weighted by Gasteiger charge is -2.36. The molecule has 112 valence electrons. The highest BCUT2D eigenvalue weighted by molar-refractivity contribution is 5.84. The third-order valence-corrected chi connectivity index (χ3v) is 3.90. The van der Waals surface area contributed by atoms with Gasteiger partial charge in [0, 0.05) is 25.0 Å². The molecule has 1 aliphatic rings. The van der Waals surface area contributed by atoms with Crippen LogP contribution in [0.1, 0.15) is 19.4 Å². The lowest BCUT2D eigenvalue weighted by Crippen LogP contribution is -2.45. The fraction of sp³-hybridized carbons (Fsp3) is 0.471. The summed E-state index contributed by atoms with van der Waals surface area (Å²) in [6.07, 6.45) is 0.490. The minimum atomic E-state index is 0.245. The molecule has 0 radical (unpaired) electrons. The van der Waals surface area contributed by atoms with Crippen molar-refractivity contribution in [3.05, 3.63) is 35.9 Å². The van der Waals surface area contributed by atoms with E-state index in [9.17, 15) is 0 Å². The lowest BCUT2D eigenvalue weighted by molar-refractivity contribution is -0.00544. The van der Waals surface area contributed by atoms with Crippen LogP contribution in [0.15, 0.2) is 30.3 Å². The number of pyridine rings is 1. The molecular formula is C17H23N3O. The maximum atomic E-state index is 5.82. The van der Waals surface area contributed by atoms with Gasteiger partial charge in [0.1, 0.15) is 5.82 Å². The molecule has 0 amide bonds. The Kier molecular flexibility index (Phi) is 4.08. The Bertz CT molecular complexity index is 618. The number of nitrogens with one attached hydrogen (secondary N) is 1. The Hall–Kier alpha value is -1.65. The van der Waals surface area contributed by atoms with Gasteiger partial charge in [-0.2, -0.15) is 0 Å². The van der Waals surface area contributed by atoms with Crippen LogP contribution >= 0.6 is 0 Å². The van der Waals surface area contributed by atoms with E-state index in [4.69, 9.17) is 9.72 Å². The van der Waals surface area contributed by atoms with Gasteiger partial charge in [0.2, 0.25) is 0 Å². The summed E-state index contributed by atoms with van der Waals surface area (Å²) in [6.45, 7) is 6.89. The average molecular weight is 285 g/mol. The molecule has 2 aromatic rings. The number of aromatic nitrogens is 1. The minimum absolute atomic E-state index is 0.245. The van der Waals surface area contributed by atoms with Gasteiger partial charge in [-0.25, -0.2) is 4.98 Å². The van der Waals surface area contributed by atoms with Gasteiger partial charge in [-0.15, -0.1) is 0 Å². The predicted octanol–water partition coefficient (Wildman–Crippen LogP) is 2.57. The van der Waals surface area contributed by atoms with E-state index in [2.05, 4.69) is 48.3 Å². The van der Waals surface area contributed by atoms with Crippen LogP contribution in [-0.4, -0.2) is 37.3 Å². The molecule has 0 bridgehead atoms. The molecule has 21 heavy (non-hydrogen) atoms. The molecule has 1 N–H and O–H groups in total. The van der Waals surface area contributed by atoms with Crippen LogP contribution in [0.3, 0.4) is 0 Å². The van der Waals surface area contributed by atoms with Gasteiger partial charge in [-0.05, 0) is 38.6 Å². The van der Waals surface area contributed by atoms with Crippen LogP contribution in [-0.2, 0) is 11.3 Å². The average Bonchev–Trinajstić information content (AvgIpc) is 2.46. The summed E-state index contributed by atoms with van der Waals surface area (Å²) >= 11 is 0. The van der Waals surface area contributed by atoms with Gasteiger partial charge in [-0.3, -0.25) is 0 Å². The Balaban J connectivity index is 2.02. The highest BCUT2D eigenvalue weighted by atomic mass is 16.5. The maximum absolute atomic E-state index is 5.82. The van der Waals surface area contributed by atoms with E-state index >= 15 is 0 Å². The fourth-order valence-corrected chi connectivity index (χ4v) is 3.10. The van der Waals surface area contributed by atoms with Crippen molar-refractivity contribution >= 4 is 16.7 Å². The number of anilines is 1. The molecule has 2 heterocycles. The van der Waals surface area contributed by atoms with Crippen LogP contribution in [0.4, 0.5) is 5.82 Å². The molecule has 0 saturated carbocycles. The van der Waals surface area contributed by atoms with Crippen LogP contribution in [0.2, 0.25) is 0 Å². The third kappa shape index (κ3) is 3.01. The zero-order valence-corrected chi connectivity index (χ0v) is 13.0. The van der Waals surface area contributed by atoms with Gasteiger partial charge >= 0.3 is 0 Å². The first kappa shape index (κ1) is 14.3. The molecule has 0 spiro atoms. The molecule has 2 unspecified atom stereocenters. The summed E-state index contributed by atoms with van der Waals surface area (Å²) in [5, 5.41) is 4.48. The summed E-state index contributed by atoms with van der Waals surface area (Å²) < 4.78 is 5.82. The molecule has 4 nitrogen and oxygen atoms in total. The number of hydrogen-bond donors (Lipinski definition) is 1. The zero-order chi connectivity index (χ0) is 14.8. The second-order valence-electron chi connectivity index (χ2n) is 5.85. The quantitative estimate of drug-likeness (QED) is 0.940. The molecule has 1 aromatic heterocycles. The number of fused-ring (bicyclic) bond motifs is 1. The van der Waals surface area contributed by atoms with Crippen LogP contribution in [0.25, 0.3) is 10.9 Å². The Morgan fingerprint density at radius 2 is 1.95 bits per heavy atom. The molecule has 4 heteroatoms. The Morgan fingerprint density at radius 1 is 1.24 bits per heavy atom. The van der Waals surface area contributed by atoms with Crippen molar-refractivity contribution in [2.24, 2.45) is 0 Å². The second kappa shape index (κ2) is 6.00. The van der Waals surface area contributed by atoms with E-state index in [1.807, 2.05) is 13.1 Å². The van der Waals surface area contributed by atoms with E-state index in [1.54, 1.807) is 0 Å². The first-order valence-electron chi connectivity index (χ1n) is 7.61. The number of rotatable bonds is 3. The monoisotopic (exact) mass is 285 g/mol. The summed E-state index contributed by atoms with van der Waals surface area (Å²) in [7, 11) is 1.98. The maximum Gasteiger partial charge on any atom is 0.129 e. The highest BCUT2D eigenvalue weighted by Gasteiger charge is 2.23. The number of ether oxygens (including phenoxy) is 1. The van der Waals surface area contributed by atoms with Crippen molar-refractivity contribution in [2.45, 2.75) is 32.6 Å². The molecular weight excluding hydrogens is 262 g/mol. The summed E-state index contributed by atoms with van der Waals surface area (Å²) in [4.78, 5) is 7.19. The van der Waals surface area contributed by atoms with Crippen molar-refractivity contribution in [3.63, 3.8) is 0 Å². The standard InChI is InChI=1S/C17H23N3O/c1-12-10-20(11-13(2)21-12)17-8-14(9-18-3)15-6-4-5-7-16(15)19-17/h4-8,12-13,18H,9-11H2,1-3H3. The van der Waals surface area contributed by atoms with Crippen molar-refractivity contribution in [3.8, 4) is 0 Å². The number of benzene rings is 1. The Morgan fingerprint density at radius 3 is 2.67 bits per heavy atom. The third-order valence-electron chi connectivity index (χ3n) is 3.90. The second-order valence-corrected chi connectivity index (χ2v) is 5.85. The van der Waals surface area contributed by atoms with Gasteiger partial charge in [0.15, 0.2) is 0 Å². The van der Waals surface area contributed by atoms with Gasteiger partial charge < -0.3 is 15.0 Å². The van der Waals surface area contributed by atoms with Crippen molar-refractivity contribution in [1.82, 2.24) is 10.3 Å². The molecule has 1 aliphatic heterocycles. The van der Waals surface area contributed by atoms with Crippen molar-refractivity contribution in [2.75, 3.05) is 25.0 Å². The molecule has 1 aromatic carbocycles. The highest BCUT2D eigenvalue weighted by Crippen LogP contribution is 2.25. The number of hydrogen-bond acceptors (Lipinski definition) is 4. The van der Waals surface area contributed by atoms with Crippen molar-refractivity contribution in [1.29, 1.82) is 0 Å². The van der Waals surface area contributed by atoms with Gasteiger partial charge in [0.05, 0.1) is 17.7 Å². The molecule has 1 fully saturated rings. The largest absolute Gasteiger partial charge is 0.372 e. The van der Waals surface area contributed by atoms with Crippen LogP contribution in [0, 0.1) is 0 Å². The van der Waals surface area contributed by atoms with E-state index in [1.165, 1.54) is 10.9 Å². The van der Waals surface area contributed by atoms with E-state index in [-0.39, 0.29) is 12.2 Å². The van der Waals surface area contributed by atoms with Gasteiger partial charge in [-0.1, -0.05) is 18.2 Å². The molecule has 0 aliphatic carbocycles. The molecule has 1 saturated heterocycles. The minimum Gasteiger partial charge on any atom is -0.372 e. The predicted molar refractivity (Wildman–Crippen MR) is 86.7 cm³/mol. The summed E-state index contributed by atoms with van der Waals surface area (Å²) in [5.41, 5.74) is 2.36. The van der Waals surface area contributed by atoms with Crippen LogP contribution < -0.4 is 10.2 Å². The summed E-state index contributed by atoms with van der Waals surface area (Å²) in [6, 6.07) is 10.6. The van der Waals surface area contributed by atoms with Crippen molar-refractivity contribution < 1.29 is 4.74 Å². The van der Waals surface area contributed by atoms with Gasteiger partial charge in [0.25, 0.3) is 0 Å². The number of morpholine rings is 1. The number of para-hydroxylation sites is 1. The topological polar surface area (TPSA) is 37.4 Å². The first-order chi connectivity index (χ1) is 10.2. The van der Waals surface area contributed by atoms with E-state index in [0.717, 1.165) is 31.0 Å². The smallest absolute Gasteiger partial charge is 0.129 e. The fourth-order valence-electron chi connectivity index (χ4n) is 3.10. The number of nitrogens with zero attached hydrogens (tertiary/aromatic N) is 2. The normalized spacial score (nSPS) is 22.7. The van der Waals surface area contributed by atoms with Crippen LogP contribution in [0.5, 0.6) is 0 Å². The van der Waals surface area contributed by atoms with E-state index in [0.29, 0.717) is 0 Å². The zero-order valence-electron chi connectivity index (χ0n) is 13.0. The molecule has 3 rings (SSSR count). The van der Waals surface area contributed by atoms with E-state index < -0.39 is 0 Å². The first-order valence-corrected chi connectivity index (χ1v) is 7.61. The Labute approximate surface area is 126 Å². The SMILES string of the molecule is CNCc1cc(N2CC(C)OC(C)C2)nc2ccccc12. The lowest BCUT2D eigenvalue weighted by atomic mass is 10.1. The molecule has 2 atom stereocenters. The summed E-state index contributed by atoms with van der Waals surface area (Å²) in [5.74, 6) is 1.06.